The number of carbonyl (C=O) groups excluding carboxylic acids is 1. The molecular weight excluding hydrogens is 382 g/mol. The zero-order valence-electron chi connectivity index (χ0n) is 14.6. The lowest BCUT2D eigenvalue weighted by Crippen LogP contribution is -2.07. The van der Waals surface area contributed by atoms with E-state index in [4.69, 9.17) is 4.74 Å². The lowest BCUT2D eigenvalue weighted by molar-refractivity contribution is -0.141. The smallest absolute Gasteiger partial charge is 0.316 e. The summed E-state index contributed by atoms with van der Waals surface area (Å²) < 4.78 is 5.18. The number of H-pyrrole nitrogens is 1. The number of phenolic OH excluding ortho intramolecular Hbond substituents is 2. The fraction of sp³-hybridized carbons (Fsp3) is 0.111. The number of aromatic nitrogens is 3. The van der Waals surface area contributed by atoms with Crippen LogP contribution >= 0.6 is 11.8 Å². The Hall–Kier alpha value is -3.53. The molecule has 0 saturated heterocycles. The quantitative estimate of drug-likeness (QED) is 0.197. The van der Waals surface area contributed by atoms with Crippen LogP contribution in [0, 0.1) is 0 Å². The van der Waals surface area contributed by atoms with Crippen LogP contribution in [0.5, 0.6) is 11.5 Å². The van der Waals surface area contributed by atoms with Gasteiger partial charge in [0.25, 0.3) is 0 Å². The van der Waals surface area contributed by atoms with Gasteiger partial charge in [0, 0.05) is 11.6 Å². The van der Waals surface area contributed by atoms with Crippen molar-refractivity contribution in [3.63, 3.8) is 0 Å². The summed E-state index contributed by atoms with van der Waals surface area (Å²) in [5, 5.41) is 29.8. The Morgan fingerprint density at radius 1 is 1.25 bits per heavy atom. The summed E-state index contributed by atoms with van der Waals surface area (Å²) in [4.78, 5) is 15.9. The molecule has 2 aromatic carbocycles. The molecule has 0 aliphatic carbocycles. The maximum atomic E-state index is 11.8. The molecule has 1 aromatic heterocycles. The first kappa shape index (κ1) is 19.2. The number of hydrogen-bond acceptors (Lipinski definition) is 9. The van der Waals surface area contributed by atoms with Crippen molar-refractivity contribution < 1.29 is 19.7 Å². The molecule has 4 N–H and O–H groups in total. The molecule has 10 heteroatoms. The van der Waals surface area contributed by atoms with Gasteiger partial charge in [-0.05, 0) is 17.7 Å². The number of anilines is 1. The highest BCUT2D eigenvalue weighted by molar-refractivity contribution is 7.99. The second-order valence-corrected chi connectivity index (χ2v) is 6.46. The molecule has 0 radical (unpaired) electrons. The number of phenols is 2. The fourth-order valence-electron chi connectivity index (χ4n) is 2.07. The van der Waals surface area contributed by atoms with E-state index in [9.17, 15) is 15.0 Å². The summed E-state index contributed by atoms with van der Waals surface area (Å²) in [6.45, 7) is 0.222. The average Bonchev–Trinajstić information content (AvgIpc) is 3.15. The number of aromatic amines is 1. The SMILES string of the molecule is O=C(CSc1n[nH]c(N/N=C\c2ccc(O)cc2O)n1)OCc1ccccc1. The Morgan fingerprint density at radius 2 is 2.07 bits per heavy atom. The van der Waals surface area contributed by atoms with Crippen molar-refractivity contribution >= 4 is 29.9 Å². The number of esters is 1. The first-order valence-corrected chi connectivity index (χ1v) is 9.14. The minimum atomic E-state index is -0.367. The molecule has 0 amide bonds. The highest BCUT2D eigenvalue weighted by atomic mass is 32.2. The molecule has 28 heavy (non-hydrogen) atoms. The van der Waals surface area contributed by atoms with Gasteiger partial charge in [0.15, 0.2) is 0 Å². The number of benzene rings is 2. The zero-order chi connectivity index (χ0) is 19.8. The second-order valence-electron chi connectivity index (χ2n) is 5.51. The van der Waals surface area contributed by atoms with Crippen molar-refractivity contribution in [1.29, 1.82) is 0 Å². The molecule has 0 saturated carbocycles. The number of nitrogens with one attached hydrogen (secondary N) is 2. The van der Waals surface area contributed by atoms with Crippen molar-refractivity contribution in [2.24, 2.45) is 5.10 Å². The third-order valence-electron chi connectivity index (χ3n) is 3.41. The van der Waals surface area contributed by atoms with E-state index in [1.807, 2.05) is 30.3 Å². The van der Waals surface area contributed by atoms with Gasteiger partial charge in [-0.3, -0.25) is 4.79 Å². The number of aromatic hydroxyl groups is 2. The number of nitrogens with zero attached hydrogens (tertiary/aromatic N) is 3. The predicted octanol–water partition coefficient (Wildman–Crippen LogP) is 2.50. The van der Waals surface area contributed by atoms with Crippen LogP contribution < -0.4 is 5.43 Å². The van der Waals surface area contributed by atoms with E-state index in [1.54, 1.807) is 0 Å². The van der Waals surface area contributed by atoms with Crippen LogP contribution in [0.25, 0.3) is 0 Å². The molecule has 0 fully saturated rings. The predicted molar refractivity (Wildman–Crippen MR) is 104 cm³/mol. The van der Waals surface area contributed by atoms with Gasteiger partial charge in [0.05, 0.1) is 12.0 Å². The topological polar surface area (TPSA) is 133 Å². The van der Waals surface area contributed by atoms with E-state index >= 15 is 0 Å². The van der Waals surface area contributed by atoms with Crippen molar-refractivity contribution in [1.82, 2.24) is 15.2 Å². The maximum absolute atomic E-state index is 11.8. The molecule has 144 valence electrons. The Balaban J connectivity index is 1.43. The molecule has 9 nitrogen and oxygen atoms in total. The molecule has 0 aliphatic heterocycles. The Kier molecular flexibility index (Phi) is 6.47. The number of carbonyl (C=O) groups is 1. The van der Waals surface area contributed by atoms with Crippen LogP contribution in [-0.4, -0.2) is 43.3 Å². The fourth-order valence-corrected chi connectivity index (χ4v) is 2.66. The van der Waals surface area contributed by atoms with Gasteiger partial charge in [-0.1, -0.05) is 42.1 Å². The largest absolute Gasteiger partial charge is 0.508 e. The number of hydrogen-bond donors (Lipinski definition) is 4. The third-order valence-corrected chi connectivity index (χ3v) is 4.24. The first-order chi connectivity index (χ1) is 13.6. The van der Waals surface area contributed by atoms with Gasteiger partial charge in [0.2, 0.25) is 11.1 Å². The minimum absolute atomic E-state index is 0.0400. The van der Waals surface area contributed by atoms with E-state index in [2.05, 4.69) is 25.7 Å². The van der Waals surface area contributed by atoms with Crippen LogP contribution in [0.2, 0.25) is 0 Å². The lowest BCUT2D eigenvalue weighted by Gasteiger charge is -2.03. The number of thioether (sulfide) groups is 1. The highest BCUT2D eigenvalue weighted by Gasteiger charge is 2.09. The van der Waals surface area contributed by atoms with Crippen LogP contribution in [0.3, 0.4) is 0 Å². The number of hydrazone groups is 1. The normalized spacial score (nSPS) is 10.9. The monoisotopic (exact) mass is 399 g/mol. The lowest BCUT2D eigenvalue weighted by atomic mass is 10.2. The Bertz CT molecular complexity index is 962. The van der Waals surface area contributed by atoms with Crippen LogP contribution in [0.4, 0.5) is 5.95 Å². The van der Waals surface area contributed by atoms with Crippen LogP contribution in [0.1, 0.15) is 11.1 Å². The molecule has 0 aliphatic rings. The van der Waals surface area contributed by atoms with Crippen molar-refractivity contribution in [3.8, 4) is 11.5 Å². The Morgan fingerprint density at radius 3 is 2.86 bits per heavy atom. The van der Waals surface area contributed by atoms with Gasteiger partial charge in [-0.2, -0.15) is 10.1 Å². The summed E-state index contributed by atoms with van der Waals surface area (Å²) in [5.41, 5.74) is 3.96. The van der Waals surface area contributed by atoms with Crippen molar-refractivity contribution in [2.75, 3.05) is 11.2 Å². The van der Waals surface area contributed by atoms with Crippen LogP contribution in [-0.2, 0) is 16.1 Å². The van der Waals surface area contributed by atoms with Crippen molar-refractivity contribution in [2.45, 2.75) is 11.8 Å². The standard InChI is InChI=1S/C18H17N5O4S/c24-14-7-6-13(15(25)8-14)9-19-21-17-20-18(23-22-17)28-11-16(26)27-10-12-4-2-1-3-5-12/h1-9,24-25H,10-11H2,(H2,20,21,22,23)/b19-9-. The molecule has 3 aromatic rings. The van der Waals surface area contributed by atoms with Gasteiger partial charge in [0.1, 0.15) is 18.1 Å². The highest BCUT2D eigenvalue weighted by Crippen LogP contribution is 2.21. The molecule has 0 unspecified atom stereocenters. The van der Waals surface area contributed by atoms with E-state index < -0.39 is 0 Å². The van der Waals surface area contributed by atoms with E-state index in [0.717, 1.165) is 17.3 Å². The summed E-state index contributed by atoms with van der Waals surface area (Å²) in [6, 6.07) is 13.6. The molecule has 1 heterocycles. The van der Waals surface area contributed by atoms with Crippen molar-refractivity contribution in [3.05, 3.63) is 59.7 Å². The number of ether oxygens (including phenoxy) is 1. The number of rotatable bonds is 8. The molecule has 0 bridgehead atoms. The van der Waals surface area contributed by atoms with Crippen LogP contribution in [0.15, 0.2) is 58.8 Å². The Labute approximate surface area is 164 Å². The zero-order valence-corrected chi connectivity index (χ0v) is 15.4. The molecule has 3 rings (SSSR count). The first-order valence-electron chi connectivity index (χ1n) is 8.16. The summed E-state index contributed by atoms with van der Waals surface area (Å²) >= 11 is 1.13. The summed E-state index contributed by atoms with van der Waals surface area (Å²) in [6.07, 6.45) is 1.37. The third kappa shape index (κ3) is 5.74. The van der Waals surface area contributed by atoms with E-state index in [-0.39, 0.29) is 35.8 Å². The summed E-state index contributed by atoms with van der Waals surface area (Å²) in [5.74, 6) is -0.159. The molecule has 0 atom stereocenters. The van der Waals surface area contributed by atoms with E-state index in [1.165, 1.54) is 24.4 Å². The summed E-state index contributed by atoms with van der Waals surface area (Å²) in [7, 11) is 0. The second kappa shape index (κ2) is 9.42. The molecular formula is C18H17N5O4S. The van der Waals surface area contributed by atoms with Gasteiger partial charge < -0.3 is 14.9 Å². The van der Waals surface area contributed by atoms with Gasteiger partial charge in [-0.25, -0.2) is 10.5 Å². The van der Waals surface area contributed by atoms with E-state index in [0.29, 0.717) is 10.7 Å². The molecule has 0 spiro atoms. The maximum Gasteiger partial charge on any atom is 0.316 e. The minimum Gasteiger partial charge on any atom is -0.508 e. The van der Waals surface area contributed by atoms with Gasteiger partial charge in [-0.15, -0.1) is 5.10 Å². The van der Waals surface area contributed by atoms with Gasteiger partial charge >= 0.3 is 5.97 Å². The average molecular weight is 399 g/mol.